The molecule has 0 radical (unpaired) electrons. The summed E-state index contributed by atoms with van der Waals surface area (Å²) >= 11 is 5.71. The molecule has 0 heterocycles. The lowest BCUT2D eigenvalue weighted by molar-refractivity contribution is 0.415. The molecule has 3 aromatic carbocycles. The van der Waals surface area contributed by atoms with Gasteiger partial charge in [-0.25, -0.2) is 0 Å². The number of halogens is 1. The van der Waals surface area contributed by atoms with Crippen LogP contribution in [0.5, 0.6) is 5.75 Å². The first-order valence-electron chi connectivity index (χ1n) is 8.51. The van der Waals surface area contributed by atoms with Gasteiger partial charge in [0.05, 0.1) is 7.11 Å². The highest BCUT2D eigenvalue weighted by atomic mass is 35.5. The van der Waals surface area contributed by atoms with Crippen LogP contribution in [-0.4, -0.2) is 7.11 Å². The van der Waals surface area contributed by atoms with E-state index in [-0.39, 0.29) is 0 Å². The molecule has 0 saturated carbocycles. The van der Waals surface area contributed by atoms with Crippen molar-refractivity contribution in [3.05, 3.63) is 101 Å². The van der Waals surface area contributed by atoms with Gasteiger partial charge in [0, 0.05) is 5.02 Å². The van der Waals surface area contributed by atoms with Gasteiger partial charge in [-0.1, -0.05) is 91.7 Å². The van der Waals surface area contributed by atoms with Gasteiger partial charge in [-0.15, -0.1) is 0 Å². The van der Waals surface area contributed by atoms with E-state index in [4.69, 9.17) is 16.3 Å². The van der Waals surface area contributed by atoms with Crippen LogP contribution in [0.2, 0.25) is 5.02 Å². The van der Waals surface area contributed by atoms with E-state index in [1.165, 1.54) is 18.4 Å². The summed E-state index contributed by atoms with van der Waals surface area (Å²) in [6.07, 6.45) is 2.45. The van der Waals surface area contributed by atoms with E-state index in [0.29, 0.717) is 0 Å². The Morgan fingerprint density at radius 2 is 1.28 bits per heavy atom. The lowest BCUT2D eigenvalue weighted by atomic mass is 10.1. The Hall–Kier alpha value is -2.25. The van der Waals surface area contributed by atoms with Crippen LogP contribution in [0.1, 0.15) is 24.5 Å². The summed E-state index contributed by atoms with van der Waals surface area (Å²) in [5.74, 6) is 0.910. The van der Waals surface area contributed by atoms with Crippen LogP contribution >= 0.6 is 11.6 Å². The predicted molar refractivity (Wildman–Crippen MR) is 110 cm³/mol. The van der Waals surface area contributed by atoms with Crippen molar-refractivity contribution in [2.24, 2.45) is 0 Å². The lowest BCUT2D eigenvalue weighted by Crippen LogP contribution is -1.78. The molecule has 0 N–H and O–H groups in total. The zero-order valence-electron chi connectivity index (χ0n) is 15.3. The summed E-state index contributed by atoms with van der Waals surface area (Å²) in [4.78, 5) is 0. The molecule has 0 spiro atoms. The number of hydrogen-bond donors (Lipinski definition) is 0. The minimum Gasteiger partial charge on any atom is -0.497 e. The van der Waals surface area contributed by atoms with Crippen molar-refractivity contribution in [2.75, 3.05) is 7.11 Å². The molecular weight excluding hydrogens is 328 g/mol. The molecule has 3 aromatic rings. The minimum absolute atomic E-state index is 0.840. The maximum atomic E-state index is 5.71. The van der Waals surface area contributed by atoms with Gasteiger partial charge in [0.15, 0.2) is 0 Å². The van der Waals surface area contributed by atoms with Crippen LogP contribution in [0.4, 0.5) is 0 Å². The van der Waals surface area contributed by atoms with E-state index in [0.717, 1.165) is 16.3 Å². The van der Waals surface area contributed by atoms with Gasteiger partial charge in [-0.3, -0.25) is 0 Å². The second-order valence-corrected chi connectivity index (χ2v) is 5.91. The van der Waals surface area contributed by atoms with E-state index in [9.17, 15) is 0 Å². The van der Waals surface area contributed by atoms with Gasteiger partial charge in [-0.05, 0) is 42.7 Å². The van der Waals surface area contributed by atoms with Gasteiger partial charge >= 0.3 is 0 Å². The first-order valence-corrected chi connectivity index (χ1v) is 8.89. The smallest absolute Gasteiger partial charge is 0.118 e. The summed E-state index contributed by atoms with van der Waals surface area (Å²) in [5, 5.41) is 0.840. The van der Waals surface area contributed by atoms with E-state index >= 15 is 0 Å². The zero-order valence-corrected chi connectivity index (χ0v) is 16.0. The molecule has 0 aliphatic heterocycles. The van der Waals surface area contributed by atoms with E-state index in [2.05, 4.69) is 37.3 Å². The Labute approximate surface area is 157 Å². The maximum Gasteiger partial charge on any atom is 0.118 e. The highest BCUT2D eigenvalue weighted by Gasteiger charge is 1.86. The van der Waals surface area contributed by atoms with Crippen molar-refractivity contribution in [2.45, 2.75) is 26.7 Å². The molecule has 0 fully saturated rings. The summed E-state index contributed by atoms with van der Waals surface area (Å²) in [5.41, 5.74) is 2.58. The summed E-state index contributed by atoms with van der Waals surface area (Å²) < 4.78 is 4.91. The normalized spacial score (nSPS) is 9.12. The first-order chi connectivity index (χ1) is 12.2. The molecule has 0 amide bonds. The molecule has 0 aliphatic rings. The second-order valence-electron chi connectivity index (χ2n) is 5.50. The van der Waals surface area contributed by atoms with Crippen molar-refractivity contribution in [3.63, 3.8) is 0 Å². The largest absolute Gasteiger partial charge is 0.497 e. The predicted octanol–water partition coefficient (Wildman–Crippen LogP) is 6.98. The molecule has 0 aliphatic carbocycles. The van der Waals surface area contributed by atoms with Gasteiger partial charge in [0.1, 0.15) is 5.75 Å². The summed E-state index contributed by atoms with van der Waals surface area (Å²) in [6.45, 7) is 4.19. The van der Waals surface area contributed by atoms with Gasteiger partial charge in [0.2, 0.25) is 0 Å². The minimum atomic E-state index is 0.840. The number of aryl methyl sites for hydroxylation is 2. The molecule has 0 unspecified atom stereocenters. The molecule has 0 bridgehead atoms. The number of para-hydroxylation sites is 1. The molecule has 25 heavy (non-hydrogen) atoms. The zero-order chi connectivity index (χ0) is 18.3. The van der Waals surface area contributed by atoms with E-state index in [1.54, 1.807) is 7.11 Å². The van der Waals surface area contributed by atoms with Crippen LogP contribution < -0.4 is 4.74 Å². The van der Waals surface area contributed by atoms with Crippen LogP contribution in [-0.2, 0) is 6.42 Å². The van der Waals surface area contributed by atoms with E-state index in [1.807, 2.05) is 61.5 Å². The number of benzene rings is 3. The monoisotopic (exact) mass is 354 g/mol. The van der Waals surface area contributed by atoms with Gasteiger partial charge < -0.3 is 4.74 Å². The summed E-state index contributed by atoms with van der Waals surface area (Å²) in [7, 11) is 1.66. The fourth-order valence-electron chi connectivity index (χ4n) is 2.04. The number of methoxy groups -OCH3 is 1. The number of hydrogen-bond acceptors (Lipinski definition) is 1. The molecule has 0 saturated heterocycles. The van der Waals surface area contributed by atoms with Crippen LogP contribution in [0.25, 0.3) is 0 Å². The van der Waals surface area contributed by atoms with Crippen LogP contribution in [0, 0.1) is 6.92 Å². The third kappa shape index (κ3) is 9.59. The van der Waals surface area contributed by atoms with Crippen molar-refractivity contribution in [1.82, 2.24) is 0 Å². The van der Waals surface area contributed by atoms with Crippen LogP contribution in [0.15, 0.2) is 84.9 Å². The fraction of sp³-hybridized carbons (Fsp3) is 0.217. The SMILES string of the molecule is CCCc1ccccc1.COc1ccccc1.Cc1ccccc1Cl. The van der Waals surface area contributed by atoms with Crippen molar-refractivity contribution < 1.29 is 4.74 Å². The van der Waals surface area contributed by atoms with Crippen molar-refractivity contribution >= 4 is 11.6 Å². The molecule has 2 heteroatoms. The quantitative estimate of drug-likeness (QED) is 0.492. The molecule has 3 rings (SSSR count). The number of ether oxygens (including phenoxy) is 1. The summed E-state index contributed by atoms with van der Waals surface area (Å²) in [6, 6.07) is 28.0. The Bertz CT molecular complexity index is 660. The maximum absolute atomic E-state index is 5.71. The van der Waals surface area contributed by atoms with E-state index < -0.39 is 0 Å². The average molecular weight is 355 g/mol. The third-order valence-electron chi connectivity index (χ3n) is 3.44. The first kappa shape index (κ1) is 20.8. The topological polar surface area (TPSA) is 9.23 Å². The molecule has 0 atom stereocenters. The van der Waals surface area contributed by atoms with Gasteiger partial charge in [0.25, 0.3) is 0 Å². The van der Waals surface area contributed by atoms with Crippen molar-refractivity contribution in [1.29, 1.82) is 0 Å². The Balaban J connectivity index is 0.000000188. The standard InChI is InChI=1S/C9H12.C7H7Cl.C7H8O/c1-2-6-9-7-4-3-5-8-9;1-6-4-2-3-5-7(6)8;1-8-7-5-3-2-4-6-7/h3-5,7-8H,2,6H2,1H3;2-5H,1H3;2-6H,1H3. The Morgan fingerprint density at radius 1 is 0.760 bits per heavy atom. The molecule has 1 nitrogen and oxygen atoms in total. The van der Waals surface area contributed by atoms with Crippen molar-refractivity contribution in [3.8, 4) is 5.75 Å². The highest BCUT2D eigenvalue weighted by molar-refractivity contribution is 6.31. The Morgan fingerprint density at radius 3 is 1.68 bits per heavy atom. The van der Waals surface area contributed by atoms with Crippen LogP contribution in [0.3, 0.4) is 0 Å². The average Bonchev–Trinajstić information content (AvgIpc) is 2.67. The molecule has 132 valence electrons. The van der Waals surface area contributed by atoms with Gasteiger partial charge in [-0.2, -0.15) is 0 Å². The second kappa shape index (κ2) is 13.1. The third-order valence-corrected chi connectivity index (χ3v) is 3.86. The number of rotatable bonds is 3. The Kier molecular flexibility index (Phi) is 10.9. The molecule has 0 aromatic heterocycles. The highest BCUT2D eigenvalue weighted by Crippen LogP contribution is 2.11. The fourth-order valence-corrected chi connectivity index (χ4v) is 2.18. The lowest BCUT2D eigenvalue weighted by Gasteiger charge is -1.93. The molecular formula is C23H27ClO.